The quantitative estimate of drug-likeness (QED) is 0.472. The van der Waals surface area contributed by atoms with Gasteiger partial charge in [-0.25, -0.2) is 9.78 Å². The Hall–Kier alpha value is -3.60. The number of hydrogen-bond acceptors (Lipinski definition) is 4. The normalized spacial score (nSPS) is 10.7. The number of carbonyl (C=O) groups excluding carboxylic acids is 1. The molecule has 4 aromatic rings. The lowest BCUT2D eigenvalue weighted by Crippen LogP contribution is -2.13. The molecule has 2 aromatic carbocycles. The highest BCUT2D eigenvalue weighted by Crippen LogP contribution is 2.32. The molecule has 0 radical (unpaired) electrons. The predicted octanol–water partition coefficient (Wildman–Crippen LogP) is 4.98. The van der Waals surface area contributed by atoms with Crippen LogP contribution in [0.25, 0.3) is 28.5 Å². The van der Waals surface area contributed by atoms with Gasteiger partial charge in [-0.05, 0) is 31.2 Å². The van der Waals surface area contributed by atoms with Crippen LogP contribution in [0.4, 0.5) is 0 Å². The topological polar surface area (TPSA) is 57.3 Å². The molecule has 0 aliphatic heterocycles. The van der Waals surface area contributed by atoms with E-state index in [9.17, 15) is 4.79 Å². The molecule has 0 saturated heterocycles. The van der Waals surface area contributed by atoms with Crippen LogP contribution in [-0.4, -0.2) is 22.1 Å². The number of benzene rings is 2. The van der Waals surface area contributed by atoms with E-state index in [0.717, 1.165) is 11.3 Å². The lowest BCUT2D eigenvalue weighted by molar-refractivity contribution is 0.0518. The van der Waals surface area contributed by atoms with Gasteiger partial charge in [0.05, 0.1) is 12.9 Å². The maximum absolute atomic E-state index is 12.9. The van der Waals surface area contributed by atoms with Crippen LogP contribution in [0, 0.1) is 0 Å². The smallest absolute Gasteiger partial charge is 0.357 e. The minimum absolute atomic E-state index is 0.281. The van der Waals surface area contributed by atoms with Crippen LogP contribution in [-0.2, 0) is 4.74 Å². The number of aromatic nitrogens is 2. The number of furan rings is 1. The first-order valence-electron chi connectivity index (χ1n) is 8.74. The largest absolute Gasteiger partial charge is 0.461 e. The predicted molar refractivity (Wildman–Crippen MR) is 103 cm³/mol. The van der Waals surface area contributed by atoms with Crippen molar-refractivity contribution < 1.29 is 13.9 Å². The van der Waals surface area contributed by atoms with Crippen LogP contribution in [0.15, 0.2) is 83.5 Å². The number of nitrogens with zero attached hydrogens (tertiary/aromatic N) is 2. The number of hydrogen-bond donors (Lipinski definition) is 0. The maximum atomic E-state index is 12.9. The number of rotatable bonds is 5. The highest BCUT2D eigenvalue weighted by Gasteiger charge is 2.27. The van der Waals surface area contributed by atoms with Crippen LogP contribution in [0.3, 0.4) is 0 Å². The Morgan fingerprint density at radius 1 is 1.00 bits per heavy atom. The SMILES string of the molecule is CCOC(=O)c1c(-c2ccccc2)nc(-c2ccco2)n1-c1ccccc1. The molecule has 27 heavy (non-hydrogen) atoms. The summed E-state index contributed by atoms with van der Waals surface area (Å²) in [6.07, 6.45) is 1.59. The van der Waals surface area contributed by atoms with E-state index < -0.39 is 5.97 Å². The summed E-state index contributed by atoms with van der Waals surface area (Å²) >= 11 is 0. The Bertz CT molecular complexity index is 1040. The van der Waals surface area contributed by atoms with Crippen LogP contribution < -0.4 is 0 Å². The van der Waals surface area contributed by atoms with Crippen molar-refractivity contribution in [2.24, 2.45) is 0 Å². The second kappa shape index (κ2) is 7.33. The van der Waals surface area contributed by atoms with Crippen molar-refractivity contribution in [3.05, 3.63) is 84.8 Å². The van der Waals surface area contributed by atoms with E-state index in [-0.39, 0.29) is 6.61 Å². The van der Waals surface area contributed by atoms with Gasteiger partial charge in [-0.3, -0.25) is 4.57 Å². The van der Waals surface area contributed by atoms with Gasteiger partial charge in [-0.2, -0.15) is 0 Å². The minimum atomic E-state index is -0.425. The van der Waals surface area contributed by atoms with Crippen molar-refractivity contribution >= 4 is 5.97 Å². The van der Waals surface area contributed by atoms with E-state index in [1.807, 2.05) is 66.7 Å². The summed E-state index contributed by atoms with van der Waals surface area (Å²) in [7, 11) is 0. The molecule has 0 spiro atoms. The Labute approximate surface area is 156 Å². The monoisotopic (exact) mass is 358 g/mol. The fraction of sp³-hybridized carbons (Fsp3) is 0.0909. The molecule has 134 valence electrons. The van der Waals surface area contributed by atoms with Gasteiger partial charge >= 0.3 is 5.97 Å². The molecule has 0 N–H and O–H groups in total. The number of carbonyl (C=O) groups is 1. The van der Waals surface area contributed by atoms with E-state index in [0.29, 0.717) is 23.0 Å². The molecule has 0 aliphatic carbocycles. The third-order valence-corrected chi connectivity index (χ3v) is 4.15. The molecule has 5 nitrogen and oxygen atoms in total. The first-order chi connectivity index (χ1) is 13.3. The summed E-state index contributed by atoms with van der Waals surface area (Å²) < 4.78 is 12.7. The molecule has 2 aromatic heterocycles. The van der Waals surface area contributed by atoms with E-state index in [1.54, 1.807) is 23.8 Å². The fourth-order valence-corrected chi connectivity index (χ4v) is 3.00. The van der Waals surface area contributed by atoms with Gasteiger partial charge in [0.1, 0.15) is 5.69 Å². The second-order valence-corrected chi connectivity index (χ2v) is 5.87. The summed E-state index contributed by atoms with van der Waals surface area (Å²) in [6, 6.07) is 22.8. The van der Waals surface area contributed by atoms with Gasteiger partial charge in [-0.15, -0.1) is 0 Å². The molecule has 0 amide bonds. The Kier molecular flexibility index (Phi) is 4.58. The standard InChI is InChI=1S/C22H18N2O3/c1-2-26-22(25)20-19(16-10-5-3-6-11-16)23-21(18-14-9-15-27-18)24(20)17-12-7-4-8-13-17/h3-15H,2H2,1H3. The third kappa shape index (κ3) is 3.15. The van der Waals surface area contributed by atoms with Crippen molar-refractivity contribution in [3.63, 3.8) is 0 Å². The number of ether oxygens (including phenoxy) is 1. The first-order valence-corrected chi connectivity index (χ1v) is 8.74. The third-order valence-electron chi connectivity index (χ3n) is 4.15. The van der Waals surface area contributed by atoms with Crippen molar-refractivity contribution in [2.45, 2.75) is 6.92 Å². The highest BCUT2D eigenvalue weighted by atomic mass is 16.5. The van der Waals surface area contributed by atoms with Crippen LogP contribution in [0.2, 0.25) is 0 Å². The van der Waals surface area contributed by atoms with E-state index in [4.69, 9.17) is 14.1 Å². The lowest BCUT2D eigenvalue weighted by Gasteiger charge is -2.11. The van der Waals surface area contributed by atoms with Crippen molar-refractivity contribution in [3.8, 4) is 28.5 Å². The summed E-state index contributed by atoms with van der Waals surface area (Å²) in [5.41, 5.74) is 2.58. The first kappa shape index (κ1) is 16.8. The van der Waals surface area contributed by atoms with E-state index >= 15 is 0 Å². The van der Waals surface area contributed by atoms with Gasteiger partial charge in [0, 0.05) is 11.3 Å². The van der Waals surface area contributed by atoms with Crippen molar-refractivity contribution in [1.82, 2.24) is 9.55 Å². The molecule has 0 unspecified atom stereocenters. The van der Waals surface area contributed by atoms with E-state index in [1.165, 1.54) is 0 Å². The van der Waals surface area contributed by atoms with Crippen LogP contribution in [0.1, 0.15) is 17.4 Å². The molecule has 5 heteroatoms. The summed E-state index contributed by atoms with van der Waals surface area (Å²) in [4.78, 5) is 17.7. The van der Waals surface area contributed by atoms with Crippen molar-refractivity contribution in [2.75, 3.05) is 6.61 Å². The van der Waals surface area contributed by atoms with Gasteiger partial charge in [0.2, 0.25) is 0 Å². The number of imidazole rings is 1. The maximum Gasteiger partial charge on any atom is 0.357 e. The van der Waals surface area contributed by atoms with Gasteiger partial charge in [0.25, 0.3) is 0 Å². The Morgan fingerprint density at radius 3 is 2.33 bits per heavy atom. The minimum Gasteiger partial charge on any atom is -0.461 e. The van der Waals surface area contributed by atoms with Crippen molar-refractivity contribution in [1.29, 1.82) is 0 Å². The molecule has 0 bridgehead atoms. The average molecular weight is 358 g/mol. The zero-order valence-corrected chi connectivity index (χ0v) is 14.8. The number of esters is 1. The van der Waals surface area contributed by atoms with E-state index in [2.05, 4.69) is 0 Å². The summed E-state index contributed by atoms with van der Waals surface area (Å²) in [5.74, 6) is 0.699. The Morgan fingerprint density at radius 2 is 1.70 bits per heavy atom. The molecule has 4 rings (SSSR count). The molecular weight excluding hydrogens is 340 g/mol. The average Bonchev–Trinajstić information content (AvgIpc) is 3.37. The summed E-state index contributed by atoms with van der Waals surface area (Å²) in [5, 5.41) is 0. The van der Waals surface area contributed by atoms with Crippen LogP contribution >= 0.6 is 0 Å². The molecular formula is C22H18N2O3. The molecule has 0 fully saturated rings. The fourth-order valence-electron chi connectivity index (χ4n) is 3.00. The lowest BCUT2D eigenvalue weighted by atomic mass is 10.1. The van der Waals surface area contributed by atoms with Gasteiger partial charge in [0.15, 0.2) is 17.3 Å². The molecule has 0 aliphatic rings. The zero-order valence-electron chi connectivity index (χ0n) is 14.8. The number of para-hydroxylation sites is 1. The zero-order chi connectivity index (χ0) is 18.6. The highest BCUT2D eigenvalue weighted by molar-refractivity contribution is 5.96. The van der Waals surface area contributed by atoms with Crippen LogP contribution in [0.5, 0.6) is 0 Å². The van der Waals surface area contributed by atoms with Gasteiger partial charge in [-0.1, -0.05) is 48.5 Å². The van der Waals surface area contributed by atoms with Gasteiger partial charge < -0.3 is 9.15 Å². The molecule has 0 saturated carbocycles. The Balaban J connectivity index is 2.04. The molecule has 2 heterocycles. The summed E-state index contributed by atoms with van der Waals surface area (Å²) in [6.45, 7) is 2.07. The molecule has 0 atom stereocenters. The second-order valence-electron chi connectivity index (χ2n) is 5.87.